The van der Waals surface area contributed by atoms with Crippen LogP contribution in [0.25, 0.3) is 0 Å². The van der Waals surface area contributed by atoms with Crippen LogP contribution in [0.3, 0.4) is 0 Å². The molecule has 6 heteroatoms. The van der Waals surface area contributed by atoms with Gasteiger partial charge in [-0.2, -0.15) is 0 Å². The van der Waals surface area contributed by atoms with E-state index in [2.05, 4.69) is 17.4 Å². The molecule has 0 fully saturated rings. The lowest BCUT2D eigenvalue weighted by molar-refractivity contribution is -0.141. The Morgan fingerprint density at radius 3 is 2.52 bits per heavy atom. The minimum Gasteiger partial charge on any atom is -0.360 e. The Kier molecular flexibility index (Phi) is 5.93. The quantitative estimate of drug-likeness (QED) is 0.875. The lowest BCUT2D eigenvalue weighted by Gasteiger charge is -2.28. The molecule has 0 unspecified atom stereocenters. The van der Waals surface area contributed by atoms with Gasteiger partial charge in [0.15, 0.2) is 5.82 Å². The third kappa shape index (κ3) is 5.57. The molecule has 21 heavy (non-hydrogen) atoms. The fourth-order valence-electron chi connectivity index (χ4n) is 1.86. The minimum absolute atomic E-state index is 0.0255. The van der Waals surface area contributed by atoms with Crippen LogP contribution >= 0.6 is 0 Å². The lowest BCUT2D eigenvalue weighted by Crippen LogP contribution is -2.44. The summed E-state index contributed by atoms with van der Waals surface area (Å²) in [4.78, 5) is 26.0. The summed E-state index contributed by atoms with van der Waals surface area (Å²) in [5.74, 6) is 0.703. The average Bonchev–Trinajstić information content (AvgIpc) is 2.77. The summed E-state index contributed by atoms with van der Waals surface area (Å²) in [6.45, 7) is 9.98. The number of amides is 2. The smallest absolute Gasteiger partial charge is 0.245 e. The van der Waals surface area contributed by atoms with Crippen LogP contribution in [-0.2, 0) is 9.59 Å². The summed E-state index contributed by atoms with van der Waals surface area (Å²) >= 11 is 0. The number of nitrogens with one attached hydrogen (secondary N) is 1. The molecule has 118 valence electrons. The maximum Gasteiger partial charge on any atom is 0.245 e. The fourth-order valence-corrected chi connectivity index (χ4v) is 1.86. The number of hydrogen-bond donors (Lipinski definition) is 1. The van der Waals surface area contributed by atoms with E-state index in [1.807, 2.05) is 20.8 Å². The van der Waals surface area contributed by atoms with E-state index in [1.165, 1.54) is 0 Å². The first kappa shape index (κ1) is 17.2. The predicted octanol–water partition coefficient (Wildman–Crippen LogP) is 2.60. The molecule has 6 nitrogen and oxygen atoms in total. The van der Waals surface area contributed by atoms with E-state index in [1.54, 1.807) is 17.9 Å². The van der Waals surface area contributed by atoms with Gasteiger partial charge in [-0.25, -0.2) is 0 Å². The number of unbranched alkanes of at least 4 members (excludes halogenated alkanes) is 1. The molecule has 0 bridgehead atoms. The number of hydrogen-bond acceptors (Lipinski definition) is 4. The third-order valence-corrected chi connectivity index (χ3v) is 2.94. The number of aromatic nitrogens is 1. The largest absolute Gasteiger partial charge is 0.360 e. The van der Waals surface area contributed by atoms with E-state index < -0.39 is 5.41 Å². The molecule has 1 heterocycles. The number of carbonyl (C=O) groups excluding carboxylic acids is 2. The Morgan fingerprint density at radius 1 is 1.38 bits per heavy atom. The van der Waals surface area contributed by atoms with Crippen LogP contribution in [0.4, 0.5) is 5.82 Å². The molecule has 0 radical (unpaired) electrons. The van der Waals surface area contributed by atoms with E-state index >= 15 is 0 Å². The van der Waals surface area contributed by atoms with Crippen molar-refractivity contribution < 1.29 is 14.1 Å². The van der Waals surface area contributed by atoms with E-state index in [0.29, 0.717) is 18.1 Å². The van der Waals surface area contributed by atoms with Gasteiger partial charge in [-0.3, -0.25) is 9.59 Å². The second-order valence-corrected chi connectivity index (χ2v) is 6.20. The molecule has 1 rings (SSSR count). The first-order chi connectivity index (χ1) is 9.74. The molecule has 0 saturated heterocycles. The SMILES string of the molecule is CCCCN(CC(=O)Nc1cc(C)on1)C(=O)C(C)(C)C. The fraction of sp³-hybridized carbons (Fsp3) is 0.667. The first-order valence-corrected chi connectivity index (χ1v) is 7.26. The maximum atomic E-state index is 12.4. The zero-order valence-electron chi connectivity index (χ0n) is 13.5. The molecular weight excluding hydrogens is 270 g/mol. The molecule has 1 N–H and O–H groups in total. The monoisotopic (exact) mass is 295 g/mol. The van der Waals surface area contributed by atoms with Gasteiger partial charge in [0.05, 0.1) is 6.54 Å². The Morgan fingerprint density at radius 2 is 2.05 bits per heavy atom. The van der Waals surface area contributed by atoms with Crippen molar-refractivity contribution in [2.24, 2.45) is 5.41 Å². The predicted molar refractivity (Wildman–Crippen MR) is 80.8 cm³/mol. The molecule has 0 atom stereocenters. The summed E-state index contributed by atoms with van der Waals surface area (Å²) in [5, 5.41) is 6.35. The third-order valence-electron chi connectivity index (χ3n) is 2.94. The van der Waals surface area contributed by atoms with Gasteiger partial charge in [0.1, 0.15) is 5.76 Å². The van der Waals surface area contributed by atoms with Gasteiger partial charge in [0.2, 0.25) is 11.8 Å². The second kappa shape index (κ2) is 7.24. The van der Waals surface area contributed by atoms with Crippen LogP contribution in [0.2, 0.25) is 0 Å². The van der Waals surface area contributed by atoms with Gasteiger partial charge in [-0.15, -0.1) is 0 Å². The van der Waals surface area contributed by atoms with E-state index in [0.717, 1.165) is 12.8 Å². The Balaban J connectivity index is 2.67. The van der Waals surface area contributed by atoms with Gasteiger partial charge >= 0.3 is 0 Å². The van der Waals surface area contributed by atoms with E-state index in [-0.39, 0.29) is 18.4 Å². The van der Waals surface area contributed by atoms with Crippen molar-refractivity contribution in [3.63, 3.8) is 0 Å². The van der Waals surface area contributed by atoms with E-state index in [4.69, 9.17) is 4.52 Å². The number of rotatable bonds is 6. The summed E-state index contributed by atoms with van der Waals surface area (Å²) in [6, 6.07) is 1.64. The van der Waals surface area contributed by atoms with Crippen LogP contribution in [-0.4, -0.2) is 35.0 Å². The van der Waals surface area contributed by atoms with Crippen LogP contribution in [0.5, 0.6) is 0 Å². The number of nitrogens with zero attached hydrogens (tertiary/aromatic N) is 2. The number of carbonyl (C=O) groups is 2. The highest BCUT2D eigenvalue weighted by atomic mass is 16.5. The number of aryl methyl sites for hydroxylation is 1. The van der Waals surface area contributed by atoms with Crippen molar-refractivity contribution in [3.8, 4) is 0 Å². The van der Waals surface area contributed by atoms with Gasteiger partial charge in [0, 0.05) is 18.0 Å². The zero-order valence-corrected chi connectivity index (χ0v) is 13.5. The average molecular weight is 295 g/mol. The maximum absolute atomic E-state index is 12.4. The van der Waals surface area contributed by atoms with Gasteiger partial charge in [-0.05, 0) is 13.3 Å². The van der Waals surface area contributed by atoms with Crippen molar-refractivity contribution in [1.29, 1.82) is 0 Å². The molecule has 1 aromatic heterocycles. The standard InChI is InChI=1S/C15H25N3O3/c1-6-7-8-18(14(20)15(3,4)5)10-13(19)16-12-9-11(2)21-17-12/h9H,6-8,10H2,1-5H3,(H,16,17,19). The molecule has 0 aliphatic heterocycles. The highest BCUT2D eigenvalue weighted by Gasteiger charge is 2.28. The summed E-state index contributed by atoms with van der Waals surface area (Å²) in [5.41, 5.74) is -0.501. The summed E-state index contributed by atoms with van der Waals surface area (Å²) in [7, 11) is 0. The van der Waals surface area contributed by atoms with Crippen molar-refractivity contribution in [2.45, 2.75) is 47.5 Å². The Hall–Kier alpha value is -1.85. The Bertz CT molecular complexity index is 489. The molecule has 0 aromatic carbocycles. The first-order valence-electron chi connectivity index (χ1n) is 7.26. The molecule has 2 amide bonds. The normalized spacial score (nSPS) is 11.3. The zero-order chi connectivity index (χ0) is 16.0. The topological polar surface area (TPSA) is 75.4 Å². The van der Waals surface area contributed by atoms with Crippen LogP contribution in [0.15, 0.2) is 10.6 Å². The van der Waals surface area contributed by atoms with Crippen molar-refractivity contribution in [1.82, 2.24) is 10.1 Å². The highest BCUT2D eigenvalue weighted by molar-refractivity contribution is 5.94. The molecule has 0 aliphatic rings. The lowest BCUT2D eigenvalue weighted by atomic mass is 9.94. The van der Waals surface area contributed by atoms with Gasteiger partial charge in [0.25, 0.3) is 0 Å². The van der Waals surface area contributed by atoms with Gasteiger partial charge < -0.3 is 14.7 Å². The summed E-state index contributed by atoms with van der Waals surface area (Å²) in [6.07, 6.45) is 1.84. The van der Waals surface area contributed by atoms with Crippen LogP contribution in [0.1, 0.15) is 46.3 Å². The van der Waals surface area contributed by atoms with Gasteiger partial charge in [-0.1, -0.05) is 39.3 Å². The van der Waals surface area contributed by atoms with Crippen LogP contribution in [0, 0.1) is 12.3 Å². The molecule has 0 spiro atoms. The second-order valence-electron chi connectivity index (χ2n) is 6.20. The van der Waals surface area contributed by atoms with Crippen LogP contribution < -0.4 is 5.32 Å². The van der Waals surface area contributed by atoms with Crippen molar-refractivity contribution in [2.75, 3.05) is 18.4 Å². The Labute approximate surface area is 125 Å². The van der Waals surface area contributed by atoms with Crippen molar-refractivity contribution in [3.05, 3.63) is 11.8 Å². The van der Waals surface area contributed by atoms with Crippen molar-refractivity contribution >= 4 is 17.6 Å². The summed E-state index contributed by atoms with van der Waals surface area (Å²) < 4.78 is 4.89. The molecule has 1 aromatic rings. The highest BCUT2D eigenvalue weighted by Crippen LogP contribution is 2.18. The van der Waals surface area contributed by atoms with E-state index in [9.17, 15) is 9.59 Å². The molecular formula is C15H25N3O3. The number of anilines is 1. The molecule has 0 aliphatic carbocycles. The molecule has 0 saturated carbocycles. The minimum atomic E-state index is -0.501.